The molecule has 0 aliphatic carbocycles. The molecule has 11 heteroatoms. The fraction of sp³-hybridized carbons (Fsp3) is 1.00. The van der Waals surface area contributed by atoms with E-state index in [0.717, 1.165) is 0 Å². The molecule has 9 nitrogen and oxygen atoms in total. The van der Waals surface area contributed by atoms with E-state index in [4.69, 9.17) is 49.3 Å². The van der Waals surface area contributed by atoms with E-state index in [1.54, 1.807) is 21.3 Å². The first-order chi connectivity index (χ1) is 12.8. The Morgan fingerprint density at radius 2 is 1.30 bits per heavy atom. The SMILES string of the molecule is COC[C@H]1O[C@@H](C)C(OC)[C@H]1OP([O-])(=S)OC[C@H]1O[C@@H](C)C(OC)[C@H]1OC. The summed E-state index contributed by atoms with van der Waals surface area (Å²) in [4.78, 5) is 12.8. The second-order valence-electron chi connectivity index (χ2n) is 6.63. The van der Waals surface area contributed by atoms with Crippen molar-refractivity contribution < 1.29 is 42.4 Å². The summed E-state index contributed by atoms with van der Waals surface area (Å²) in [6, 6.07) is 0. The van der Waals surface area contributed by atoms with E-state index in [0.29, 0.717) is 0 Å². The molecule has 0 saturated carbocycles. The minimum absolute atomic E-state index is 0.0425. The molecule has 0 spiro atoms. The Kier molecular flexibility index (Phi) is 9.04. The number of hydrogen-bond acceptors (Lipinski definition) is 10. The molecule has 0 N–H and O–H groups in total. The van der Waals surface area contributed by atoms with Gasteiger partial charge in [-0.05, 0) is 13.8 Å². The molecule has 0 bridgehead atoms. The highest BCUT2D eigenvalue weighted by Crippen LogP contribution is 2.45. The van der Waals surface area contributed by atoms with Crippen LogP contribution in [-0.2, 0) is 49.3 Å². The highest BCUT2D eigenvalue weighted by Gasteiger charge is 2.46. The Morgan fingerprint density at radius 1 is 0.815 bits per heavy atom. The Hall–Kier alpha value is 0.290. The maximum Gasteiger partial charge on any atom is 0.121 e. The van der Waals surface area contributed by atoms with Crippen molar-refractivity contribution in [3.8, 4) is 0 Å². The van der Waals surface area contributed by atoms with Crippen LogP contribution in [0.25, 0.3) is 0 Å². The molecule has 27 heavy (non-hydrogen) atoms. The van der Waals surface area contributed by atoms with E-state index in [-0.39, 0.29) is 37.6 Å². The van der Waals surface area contributed by atoms with E-state index in [1.165, 1.54) is 7.11 Å². The lowest BCUT2D eigenvalue weighted by Crippen LogP contribution is -2.39. The fourth-order valence-electron chi connectivity index (χ4n) is 3.66. The number of methoxy groups -OCH3 is 4. The van der Waals surface area contributed by atoms with Gasteiger partial charge in [-0.2, -0.15) is 0 Å². The molecular weight excluding hydrogens is 399 g/mol. The molecule has 9 atom stereocenters. The lowest BCUT2D eigenvalue weighted by molar-refractivity contribution is -0.218. The molecule has 2 saturated heterocycles. The molecule has 2 fully saturated rings. The van der Waals surface area contributed by atoms with Gasteiger partial charge >= 0.3 is 0 Å². The van der Waals surface area contributed by atoms with Crippen LogP contribution in [0.5, 0.6) is 0 Å². The summed E-state index contributed by atoms with van der Waals surface area (Å²) in [6.45, 7) is 0.110. The molecule has 0 radical (unpaired) electrons. The summed E-state index contributed by atoms with van der Waals surface area (Å²) >= 11 is 5.08. The Bertz CT molecular complexity index is 510. The maximum atomic E-state index is 12.8. The second kappa shape index (κ2) is 10.4. The van der Waals surface area contributed by atoms with Crippen LogP contribution < -0.4 is 4.89 Å². The molecule has 0 aromatic rings. The van der Waals surface area contributed by atoms with Crippen molar-refractivity contribution in [1.29, 1.82) is 0 Å². The van der Waals surface area contributed by atoms with Crippen molar-refractivity contribution in [1.82, 2.24) is 0 Å². The number of hydrogen-bond donors (Lipinski definition) is 0. The van der Waals surface area contributed by atoms with Crippen LogP contribution in [-0.4, -0.2) is 90.5 Å². The summed E-state index contributed by atoms with van der Waals surface area (Å²) in [5.41, 5.74) is 0. The van der Waals surface area contributed by atoms with Crippen molar-refractivity contribution in [3.63, 3.8) is 0 Å². The first-order valence-corrected chi connectivity index (χ1v) is 11.4. The molecule has 2 rings (SSSR count). The molecule has 0 aromatic heterocycles. The van der Waals surface area contributed by atoms with Crippen LogP contribution in [0, 0.1) is 0 Å². The van der Waals surface area contributed by atoms with Gasteiger partial charge in [0.15, 0.2) is 0 Å². The average Bonchev–Trinajstić information content (AvgIpc) is 3.08. The Morgan fingerprint density at radius 3 is 1.78 bits per heavy atom. The third-order valence-corrected chi connectivity index (χ3v) is 6.42. The van der Waals surface area contributed by atoms with E-state index in [1.807, 2.05) is 13.8 Å². The van der Waals surface area contributed by atoms with Gasteiger partial charge in [-0.15, -0.1) is 0 Å². The standard InChI is InChI=1S/C16H31O9PS/c1-9-13(19-4)15(21-6)12(24-9)8-22-26(17,27)25-16-11(7-18-3)23-10(2)14(16)20-5/h9-16H,7-8H2,1-6H3,(H,17,27)/p-1/t9-,10-,11+,12+,13?,14?,15-,16-,26?/m0/s1. The second-order valence-corrected chi connectivity index (χ2v) is 9.33. The van der Waals surface area contributed by atoms with Gasteiger partial charge in [-0.3, -0.25) is 0 Å². The largest absolute Gasteiger partial charge is 0.780 e. The first-order valence-electron chi connectivity index (χ1n) is 8.80. The fourth-order valence-corrected chi connectivity index (χ4v) is 5.09. The van der Waals surface area contributed by atoms with Gasteiger partial charge in [0.2, 0.25) is 0 Å². The summed E-state index contributed by atoms with van der Waals surface area (Å²) in [5, 5.41) is 0. The van der Waals surface area contributed by atoms with Crippen molar-refractivity contribution in [3.05, 3.63) is 0 Å². The molecule has 3 unspecified atom stereocenters. The lowest BCUT2D eigenvalue weighted by atomic mass is 10.1. The third-order valence-electron chi connectivity index (χ3n) is 4.88. The molecular formula is C16H30O9PS-. The van der Waals surface area contributed by atoms with Gasteiger partial charge < -0.3 is 42.4 Å². The van der Waals surface area contributed by atoms with Gasteiger partial charge in [0.25, 0.3) is 0 Å². The molecule has 160 valence electrons. The van der Waals surface area contributed by atoms with Gasteiger partial charge in [0.1, 0.15) is 43.3 Å². The quantitative estimate of drug-likeness (QED) is 0.449. The van der Waals surface area contributed by atoms with Crippen molar-refractivity contribution in [2.24, 2.45) is 0 Å². The van der Waals surface area contributed by atoms with Gasteiger partial charge in [-0.25, -0.2) is 0 Å². The van der Waals surface area contributed by atoms with Crippen molar-refractivity contribution >= 4 is 18.5 Å². The van der Waals surface area contributed by atoms with Gasteiger partial charge in [-0.1, -0.05) is 11.8 Å². The zero-order valence-corrected chi connectivity index (χ0v) is 18.3. The molecule has 2 heterocycles. The van der Waals surface area contributed by atoms with Crippen LogP contribution in [0.2, 0.25) is 0 Å². The van der Waals surface area contributed by atoms with Crippen LogP contribution in [0.4, 0.5) is 0 Å². The molecule has 2 aliphatic heterocycles. The summed E-state index contributed by atoms with van der Waals surface area (Å²) in [6.07, 6.45) is -3.07. The monoisotopic (exact) mass is 429 g/mol. The lowest BCUT2D eigenvalue weighted by Gasteiger charge is -2.34. The van der Waals surface area contributed by atoms with Gasteiger partial charge in [0.05, 0.1) is 25.4 Å². The maximum absolute atomic E-state index is 12.8. The predicted octanol–water partition coefficient (Wildman–Crippen LogP) is 0.239. The van der Waals surface area contributed by atoms with Crippen LogP contribution >= 0.6 is 6.72 Å². The average molecular weight is 429 g/mol. The minimum Gasteiger partial charge on any atom is -0.780 e. The van der Waals surface area contributed by atoms with E-state index in [2.05, 4.69) is 0 Å². The zero-order valence-electron chi connectivity index (χ0n) is 16.6. The van der Waals surface area contributed by atoms with Crippen LogP contribution in [0.1, 0.15) is 13.8 Å². The normalized spacial score (nSPS) is 41.7. The topological polar surface area (TPSA) is 96.9 Å². The predicted molar refractivity (Wildman–Crippen MR) is 98.0 cm³/mol. The van der Waals surface area contributed by atoms with Crippen molar-refractivity contribution in [2.75, 3.05) is 41.7 Å². The molecule has 2 aliphatic rings. The molecule has 0 aromatic carbocycles. The number of rotatable bonds is 10. The summed E-state index contributed by atoms with van der Waals surface area (Å²) in [7, 11) is 6.23. The first kappa shape index (κ1) is 23.6. The molecule has 0 amide bonds. The minimum atomic E-state index is -3.83. The van der Waals surface area contributed by atoms with E-state index >= 15 is 0 Å². The van der Waals surface area contributed by atoms with Crippen LogP contribution in [0.15, 0.2) is 0 Å². The zero-order chi connectivity index (χ0) is 20.2. The van der Waals surface area contributed by atoms with E-state index < -0.39 is 31.1 Å². The highest BCUT2D eigenvalue weighted by molar-refractivity contribution is 8.06. The summed E-state index contributed by atoms with van der Waals surface area (Å²) < 4.78 is 44.0. The van der Waals surface area contributed by atoms with E-state index in [9.17, 15) is 4.89 Å². The van der Waals surface area contributed by atoms with Crippen molar-refractivity contribution in [2.45, 2.75) is 62.7 Å². The third kappa shape index (κ3) is 5.67. The smallest absolute Gasteiger partial charge is 0.121 e. The Balaban J connectivity index is 1.98. The highest BCUT2D eigenvalue weighted by atomic mass is 32.5. The van der Waals surface area contributed by atoms with Gasteiger partial charge in [0, 0.05) is 28.4 Å². The summed E-state index contributed by atoms with van der Waals surface area (Å²) in [5.74, 6) is 0. The van der Waals surface area contributed by atoms with Crippen LogP contribution in [0.3, 0.4) is 0 Å². The number of ether oxygens (including phenoxy) is 6. The Labute approximate surface area is 165 Å².